The molecule has 1 atom stereocenters. The van der Waals surface area contributed by atoms with Crippen LogP contribution in [0.15, 0.2) is 0 Å². The Bertz CT molecular complexity index is 113. The third-order valence-electron chi connectivity index (χ3n) is 2.23. The normalized spacial score (nSPS) is 14.1. The molecule has 0 aliphatic heterocycles. The average molecular weight is 250 g/mol. The molecule has 0 aromatic carbocycles. The van der Waals surface area contributed by atoms with Gasteiger partial charge in [-0.1, -0.05) is 36.7 Å². The lowest BCUT2D eigenvalue weighted by Crippen LogP contribution is -2.22. The van der Waals surface area contributed by atoms with Gasteiger partial charge in [0.15, 0.2) is 0 Å². The van der Waals surface area contributed by atoms with E-state index in [2.05, 4.69) is 48.6 Å². The zero-order valence-electron chi connectivity index (χ0n) is 9.52. The summed E-state index contributed by atoms with van der Waals surface area (Å²) in [5.41, 5.74) is 0. The zero-order valence-corrected chi connectivity index (χ0v) is 11.1. The summed E-state index contributed by atoms with van der Waals surface area (Å²) in [4.78, 5) is 3.08. The van der Waals surface area contributed by atoms with Gasteiger partial charge in [0.1, 0.15) is 0 Å². The fourth-order valence-corrected chi connectivity index (χ4v) is 1.48. The molecule has 0 fully saturated rings. The predicted octanol–water partition coefficient (Wildman–Crippen LogP) is 3.53. The van der Waals surface area contributed by atoms with Crippen LogP contribution in [0.25, 0.3) is 0 Å². The minimum atomic E-state index is 0.653. The topological polar surface area (TPSA) is 3.24 Å². The number of nitrogens with zero attached hydrogens (tertiary/aromatic N) is 1. The second-order valence-electron chi connectivity index (χ2n) is 4.41. The van der Waals surface area contributed by atoms with Gasteiger partial charge in [0, 0.05) is 4.83 Å². The molecule has 0 saturated heterocycles. The van der Waals surface area contributed by atoms with Gasteiger partial charge in [-0.15, -0.1) is 0 Å². The molecule has 0 saturated carbocycles. The van der Waals surface area contributed by atoms with Crippen LogP contribution in [0.4, 0.5) is 0 Å². The molecule has 13 heavy (non-hydrogen) atoms. The molecule has 0 aliphatic rings. The number of hydrogen-bond acceptors (Lipinski definition) is 1. The second-order valence-corrected chi connectivity index (χ2v) is 5.97. The maximum Gasteiger partial charge on any atom is 0.0129 e. The first-order chi connectivity index (χ1) is 6.02. The van der Waals surface area contributed by atoms with Crippen molar-refractivity contribution in [2.24, 2.45) is 5.92 Å². The van der Waals surface area contributed by atoms with E-state index in [1.165, 1.54) is 32.4 Å². The molecule has 0 bridgehead atoms. The van der Waals surface area contributed by atoms with Crippen molar-refractivity contribution in [3.63, 3.8) is 0 Å². The number of hydrogen-bond donors (Lipinski definition) is 0. The standard InChI is InChI=1S/C11H24BrN/c1-10(2)6-5-8-13(4)9-7-11(3)12/h10-11H,5-9H2,1-4H3. The molecule has 1 unspecified atom stereocenters. The maximum atomic E-state index is 3.57. The van der Waals surface area contributed by atoms with Crippen LogP contribution in [0.3, 0.4) is 0 Å². The highest BCUT2D eigenvalue weighted by atomic mass is 79.9. The van der Waals surface area contributed by atoms with E-state index >= 15 is 0 Å². The molecule has 0 rings (SSSR count). The molecule has 1 nitrogen and oxygen atoms in total. The summed E-state index contributed by atoms with van der Waals surface area (Å²) in [5.74, 6) is 0.850. The number of rotatable bonds is 7. The van der Waals surface area contributed by atoms with E-state index in [0.717, 1.165) is 5.92 Å². The van der Waals surface area contributed by atoms with Crippen molar-refractivity contribution in [2.45, 2.75) is 44.9 Å². The van der Waals surface area contributed by atoms with Crippen LogP contribution < -0.4 is 0 Å². The second kappa shape index (κ2) is 7.81. The van der Waals surface area contributed by atoms with Gasteiger partial charge >= 0.3 is 0 Å². The van der Waals surface area contributed by atoms with Crippen LogP contribution in [0, 0.1) is 5.92 Å². The molecule has 80 valence electrons. The van der Waals surface area contributed by atoms with Crippen molar-refractivity contribution in [2.75, 3.05) is 20.1 Å². The SMILES string of the molecule is CC(C)CCCN(C)CCC(C)Br. The molecule has 0 amide bonds. The first-order valence-electron chi connectivity index (χ1n) is 5.35. The van der Waals surface area contributed by atoms with Crippen molar-refractivity contribution in [1.82, 2.24) is 4.90 Å². The third kappa shape index (κ3) is 10.4. The Labute approximate surface area is 92.0 Å². The molecule has 0 aromatic heterocycles. The first kappa shape index (κ1) is 13.4. The highest BCUT2D eigenvalue weighted by Gasteiger charge is 2.01. The molecule has 2 heteroatoms. The summed E-state index contributed by atoms with van der Waals surface area (Å²) in [6.07, 6.45) is 3.94. The molecular formula is C11H24BrN. The van der Waals surface area contributed by atoms with E-state index in [-0.39, 0.29) is 0 Å². The summed E-state index contributed by atoms with van der Waals surface area (Å²) < 4.78 is 0. The van der Waals surface area contributed by atoms with Crippen LogP contribution in [0.1, 0.15) is 40.0 Å². The predicted molar refractivity (Wildman–Crippen MR) is 64.6 cm³/mol. The first-order valence-corrected chi connectivity index (χ1v) is 6.26. The molecule has 0 heterocycles. The van der Waals surface area contributed by atoms with Crippen molar-refractivity contribution in [3.8, 4) is 0 Å². The lowest BCUT2D eigenvalue weighted by molar-refractivity contribution is 0.314. The van der Waals surface area contributed by atoms with Gasteiger partial charge in [-0.25, -0.2) is 0 Å². The van der Waals surface area contributed by atoms with Gasteiger partial charge in [-0.3, -0.25) is 0 Å². The Hall–Kier alpha value is 0.440. The van der Waals surface area contributed by atoms with Gasteiger partial charge in [-0.2, -0.15) is 0 Å². The van der Waals surface area contributed by atoms with Crippen LogP contribution in [0.5, 0.6) is 0 Å². The average Bonchev–Trinajstić information content (AvgIpc) is 2.00. The number of alkyl halides is 1. The van der Waals surface area contributed by atoms with Gasteiger partial charge in [0.05, 0.1) is 0 Å². The monoisotopic (exact) mass is 249 g/mol. The van der Waals surface area contributed by atoms with Crippen molar-refractivity contribution >= 4 is 15.9 Å². The van der Waals surface area contributed by atoms with E-state index in [9.17, 15) is 0 Å². The molecule has 0 aliphatic carbocycles. The van der Waals surface area contributed by atoms with Crippen LogP contribution >= 0.6 is 15.9 Å². The van der Waals surface area contributed by atoms with E-state index in [1.807, 2.05) is 0 Å². The van der Waals surface area contributed by atoms with Crippen LogP contribution in [-0.4, -0.2) is 29.9 Å². The van der Waals surface area contributed by atoms with Crippen LogP contribution in [0.2, 0.25) is 0 Å². The highest BCUT2D eigenvalue weighted by Crippen LogP contribution is 2.06. The molecular weight excluding hydrogens is 226 g/mol. The fourth-order valence-electron chi connectivity index (χ4n) is 1.28. The summed E-state index contributed by atoms with van der Waals surface area (Å²) in [5, 5.41) is 0. The highest BCUT2D eigenvalue weighted by molar-refractivity contribution is 9.09. The lowest BCUT2D eigenvalue weighted by atomic mass is 10.1. The molecule has 0 N–H and O–H groups in total. The Morgan fingerprint density at radius 2 is 1.69 bits per heavy atom. The Balaban J connectivity index is 3.25. The zero-order chi connectivity index (χ0) is 10.3. The Kier molecular flexibility index (Phi) is 8.07. The fraction of sp³-hybridized carbons (Fsp3) is 1.00. The summed E-state index contributed by atoms with van der Waals surface area (Å²) in [7, 11) is 2.22. The van der Waals surface area contributed by atoms with Crippen molar-refractivity contribution in [1.29, 1.82) is 0 Å². The van der Waals surface area contributed by atoms with E-state index in [1.54, 1.807) is 0 Å². The smallest absolute Gasteiger partial charge is 0.0129 e. The van der Waals surface area contributed by atoms with Gasteiger partial charge in [0.25, 0.3) is 0 Å². The van der Waals surface area contributed by atoms with Gasteiger partial charge < -0.3 is 4.90 Å². The third-order valence-corrected chi connectivity index (χ3v) is 2.69. The van der Waals surface area contributed by atoms with E-state index in [0.29, 0.717) is 4.83 Å². The molecule has 0 radical (unpaired) electrons. The summed E-state index contributed by atoms with van der Waals surface area (Å²) in [6.45, 7) is 9.26. The van der Waals surface area contributed by atoms with Gasteiger partial charge in [0.2, 0.25) is 0 Å². The molecule has 0 spiro atoms. The number of halogens is 1. The maximum absolute atomic E-state index is 3.57. The molecule has 0 aromatic rings. The van der Waals surface area contributed by atoms with Crippen LogP contribution in [-0.2, 0) is 0 Å². The van der Waals surface area contributed by atoms with Gasteiger partial charge in [-0.05, 0) is 45.3 Å². The minimum Gasteiger partial charge on any atom is -0.306 e. The largest absolute Gasteiger partial charge is 0.306 e. The lowest BCUT2D eigenvalue weighted by Gasteiger charge is -2.17. The van der Waals surface area contributed by atoms with E-state index < -0.39 is 0 Å². The van der Waals surface area contributed by atoms with E-state index in [4.69, 9.17) is 0 Å². The van der Waals surface area contributed by atoms with Crippen molar-refractivity contribution in [3.05, 3.63) is 0 Å². The van der Waals surface area contributed by atoms with Crippen molar-refractivity contribution < 1.29 is 0 Å². The summed E-state index contributed by atoms with van der Waals surface area (Å²) in [6, 6.07) is 0. The minimum absolute atomic E-state index is 0.653. The quantitative estimate of drug-likeness (QED) is 0.625. The summed E-state index contributed by atoms with van der Waals surface area (Å²) >= 11 is 3.57. The Morgan fingerprint density at radius 3 is 2.15 bits per heavy atom. The Morgan fingerprint density at radius 1 is 1.08 bits per heavy atom.